The lowest BCUT2D eigenvalue weighted by atomic mass is 10.1. The first-order valence-electron chi connectivity index (χ1n) is 8.61. The second-order valence-corrected chi connectivity index (χ2v) is 7.27. The van der Waals surface area contributed by atoms with Gasteiger partial charge in [0.15, 0.2) is 0 Å². The summed E-state index contributed by atoms with van der Waals surface area (Å²) in [4.78, 5) is 10.3. The van der Waals surface area contributed by atoms with Gasteiger partial charge in [0, 0.05) is 23.1 Å². The van der Waals surface area contributed by atoms with Crippen molar-refractivity contribution in [1.82, 2.24) is 20.2 Å². The van der Waals surface area contributed by atoms with Crippen LogP contribution in [0.2, 0.25) is 0 Å². The molecule has 2 heterocycles. The van der Waals surface area contributed by atoms with Crippen molar-refractivity contribution in [2.75, 3.05) is 26.2 Å². The van der Waals surface area contributed by atoms with Gasteiger partial charge in [0.2, 0.25) is 0 Å². The van der Waals surface area contributed by atoms with E-state index in [0.29, 0.717) is 0 Å². The van der Waals surface area contributed by atoms with E-state index in [1.807, 2.05) is 18.3 Å². The summed E-state index contributed by atoms with van der Waals surface area (Å²) in [5.41, 5.74) is 2.18. The Hall–Kier alpha value is -1.21. The quantitative estimate of drug-likeness (QED) is 0.633. The highest BCUT2D eigenvalue weighted by molar-refractivity contribution is 9.10. The summed E-state index contributed by atoms with van der Waals surface area (Å²) in [6.45, 7) is 4.88. The molecule has 0 atom stereocenters. The van der Waals surface area contributed by atoms with Crippen molar-refractivity contribution in [3.63, 3.8) is 0 Å². The summed E-state index contributed by atoms with van der Waals surface area (Å²) in [6.07, 6.45) is 4.75. The third-order valence-corrected chi connectivity index (χ3v) is 4.93. The van der Waals surface area contributed by atoms with E-state index in [-0.39, 0.29) is 6.10 Å². The largest absolute Gasteiger partial charge is 0.393 e. The lowest BCUT2D eigenvalue weighted by Gasteiger charge is -2.29. The Kier molecular flexibility index (Phi) is 6.43. The number of halogens is 1. The van der Waals surface area contributed by atoms with Crippen LogP contribution in [0.3, 0.4) is 0 Å². The van der Waals surface area contributed by atoms with Gasteiger partial charge in [-0.25, -0.2) is 4.98 Å². The number of imidazole rings is 1. The van der Waals surface area contributed by atoms with Crippen LogP contribution in [-0.2, 0) is 6.54 Å². The third-order valence-electron chi connectivity index (χ3n) is 4.44. The summed E-state index contributed by atoms with van der Waals surface area (Å²) in [7, 11) is 0. The standard InChI is InChI=1S/C18H25BrN4O/c19-15-4-1-3-14(11-15)17-12-21-18(22-17)13-20-7-2-8-23-9-5-16(24)6-10-23/h1,3-4,11-12,16,20,24H,2,5-10,13H2,(H,21,22). The molecule has 6 heteroatoms. The fraction of sp³-hybridized carbons (Fsp3) is 0.500. The van der Waals surface area contributed by atoms with E-state index in [9.17, 15) is 5.11 Å². The van der Waals surface area contributed by atoms with Gasteiger partial charge in [-0.3, -0.25) is 0 Å². The lowest BCUT2D eigenvalue weighted by molar-refractivity contribution is 0.0821. The molecule has 24 heavy (non-hydrogen) atoms. The Morgan fingerprint density at radius 3 is 2.96 bits per heavy atom. The molecule has 1 saturated heterocycles. The number of aliphatic hydroxyl groups excluding tert-OH is 1. The Morgan fingerprint density at radius 1 is 1.33 bits per heavy atom. The molecule has 0 spiro atoms. The van der Waals surface area contributed by atoms with E-state index < -0.39 is 0 Å². The van der Waals surface area contributed by atoms with Crippen molar-refractivity contribution >= 4 is 15.9 Å². The number of aliphatic hydroxyl groups is 1. The van der Waals surface area contributed by atoms with Crippen molar-refractivity contribution in [3.8, 4) is 11.3 Å². The maximum absolute atomic E-state index is 9.51. The monoisotopic (exact) mass is 392 g/mol. The van der Waals surface area contributed by atoms with Crippen LogP contribution in [0.15, 0.2) is 34.9 Å². The molecule has 3 N–H and O–H groups in total. The molecule has 0 bridgehead atoms. The topological polar surface area (TPSA) is 64.2 Å². The fourth-order valence-electron chi connectivity index (χ4n) is 3.03. The van der Waals surface area contributed by atoms with E-state index in [1.54, 1.807) is 0 Å². The minimum absolute atomic E-state index is 0.0854. The second kappa shape index (κ2) is 8.76. The summed E-state index contributed by atoms with van der Waals surface area (Å²) in [6, 6.07) is 8.20. The first-order chi connectivity index (χ1) is 11.7. The first kappa shape index (κ1) is 17.6. The molecule has 1 aliphatic rings. The fourth-order valence-corrected chi connectivity index (χ4v) is 3.43. The molecule has 0 radical (unpaired) electrons. The highest BCUT2D eigenvalue weighted by atomic mass is 79.9. The van der Waals surface area contributed by atoms with Gasteiger partial charge in [0.25, 0.3) is 0 Å². The molecule has 2 aromatic rings. The zero-order valence-electron chi connectivity index (χ0n) is 13.8. The van der Waals surface area contributed by atoms with Gasteiger partial charge in [-0.15, -0.1) is 0 Å². The number of hydrogen-bond donors (Lipinski definition) is 3. The number of rotatable bonds is 7. The SMILES string of the molecule is OC1CCN(CCCNCc2ncc(-c3cccc(Br)c3)[nH]2)CC1. The number of benzene rings is 1. The van der Waals surface area contributed by atoms with E-state index in [1.165, 1.54) is 0 Å². The van der Waals surface area contributed by atoms with Crippen LogP contribution in [-0.4, -0.2) is 52.3 Å². The highest BCUT2D eigenvalue weighted by Crippen LogP contribution is 2.21. The number of aromatic amines is 1. The average molecular weight is 393 g/mol. The third kappa shape index (κ3) is 5.14. The Balaban J connectivity index is 1.37. The van der Waals surface area contributed by atoms with Crippen LogP contribution in [0.5, 0.6) is 0 Å². The maximum Gasteiger partial charge on any atom is 0.120 e. The molecule has 1 aromatic carbocycles. The van der Waals surface area contributed by atoms with Crippen LogP contribution in [0.25, 0.3) is 11.3 Å². The molecule has 5 nitrogen and oxygen atoms in total. The van der Waals surface area contributed by atoms with E-state index in [4.69, 9.17) is 0 Å². The number of nitrogens with one attached hydrogen (secondary N) is 2. The number of hydrogen-bond acceptors (Lipinski definition) is 4. The zero-order chi connectivity index (χ0) is 16.8. The molecule has 0 unspecified atom stereocenters. The van der Waals surface area contributed by atoms with E-state index in [0.717, 1.165) is 73.5 Å². The second-order valence-electron chi connectivity index (χ2n) is 6.36. The van der Waals surface area contributed by atoms with Crippen molar-refractivity contribution < 1.29 is 5.11 Å². The van der Waals surface area contributed by atoms with Gasteiger partial charge in [-0.1, -0.05) is 28.1 Å². The van der Waals surface area contributed by atoms with Crippen molar-refractivity contribution in [3.05, 3.63) is 40.8 Å². The van der Waals surface area contributed by atoms with Crippen LogP contribution in [0, 0.1) is 0 Å². The molecule has 0 aliphatic carbocycles. The van der Waals surface area contributed by atoms with Gasteiger partial charge in [-0.2, -0.15) is 0 Å². The summed E-state index contributed by atoms with van der Waals surface area (Å²) < 4.78 is 1.07. The average Bonchev–Trinajstić information content (AvgIpc) is 3.05. The predicted octanol–water partition coefficient (Wildman–Crippen LogP) is 2.78. The molecule has 130 valence electrons. The van der Waals surface area contributed by atoms with E-state index in [2.05, 4.69) is 48.2 Å². The zero-order valence-corrected chi connectivity index (χ0v) is 15.4. The van der Waals surface area contributed by atoms with Crippen LogP contribution < -0.4 is 5.32 Å². The molecular formula is C18H25BrN4O. The van der Waals surface area contributed by atoms with Crippen LogP contribution in [0.1, 0.15) is 25.1 Å². The molecule has 1 aliphatic heterocycles. The number of nitrogens with zero attached hydrogens (tertiary/aromatic N) is 2. The van der Waals surface area contributed by atoms with Gasteiger partial charge < -0.3 is 20.3 Å². The van der Waals surface area contributed by atoms with Gasteiger partial charge >= 0.3 is 0 Å². The van der Waals surface area contributed by atoms with Crippen molar-refractivity contribution in [2.24, 2.45) is 0 Å². The lowest BCUT2D eigenvalue weighted by Crippen LogP contribution is -2.37. The number of piperidine rings is 1. The Bertz CT molecular complexity index is 637. The number of aromatic nitrogens is 2. The van der Waals surface area contributed by atoms with Gasteiger partial charge in [-0.05, 0) is 44.5 Å². The molecule has 3 rings (SSSR count). The summed E-state index contributed by atoms with van der Waals surface area (Å²) in [5, 5.41) is 13.0. The highest BCUT2D eigenvalue weighted by Gasteiger charge is 2.15. The molecular weight excluding hydrogens is 368 g/mol. The minimum atomic E-state index is -0.0854. The Morgan fingerprint density at radius 2 is 2.17 bits per heavy atom. The Labute approximate surface area is 151 Å². The normalized spacial score (nSPS) is 16.6. The summed E-state index contributed by atoms with van der Waals surface area (Å²) >= 11 is 3.50. The molecule has 1 fully saturated rings. The first-order valence-corrected chi connectivity index (χ1v) is 9.41. The van der Waals surface area contributed by atoms with Crippen LogP contribution >= 0.6 is 15.9 Å². The number of likely N-dealkylation sites (tertiary alicyclic amines) is 1. The molecule has 0 amide bonds. The van der Waals surface area contributed by atoms with Gasteiger partial charge in [0.1, 0.15) is 5.82 Å². The summed E-state index contributed by atoms with van der Waals surface area (Å²) in [5.74, 6) is 0.964. The number of H-pyrrole nitrogens is 1. The maximum atomic E-state index is 9.51. The van der Waals surface area contributed by atoms with Crippen molar-refractivity contribution in [1.29, 1.82) is 0 Å². The van der Waals surface area contributed by atoms with Crippen LogP contribution in [0.4, 0.5) is 0 Å². The smallest absolute Gasteiger partial charge is 0.120 e. The van der Waals surface area contributed by atoms with Crippen molar-refractivity contribution in [2.45, 2.75) is 31.9 Å². The molecule has 1 aromatic heterocycles. The van der Waals surface area contributed by atoms with Gasteiger partial charge in [0.05, 0.1) is 24.5 Å². The molecule has 0 saturated carbocycles. The minimum Gasteiger partial charge on any atom is -0.393 e. The predicted molar refractivity (Wildman–Crippen MR) is 99.7 cm³/mol. The van der Waals surface area contributed by atoms with E-state index >= 15 is 0 Å².